The molecular formula is C18H14N2O3. The molecule has 0 atom stereocenters. The second-order valence-electron chi connectivity index (χ2n) is 5.40. The van der Waals surface area contributed by atoms with Crippen molar-refractivity contribution in [1.82, 2.24) is 9.97 Å². The lowest BCUT2D eigenvalue weighted by Crippen LogP contribution is -2.00. The van der Waals surface area contributed by atoms with Crippen molar-refractivity contribution in [3.8, 4) is 5.75 Å². The van der Waals surface area contributed by atoms with Crippen LogP contribution in [0.2, 0.25) is 0 Å². The van der Waals surface area contributed by atoms with Gasteiger partial charge in [0, 0.05) is 17.5 Å². The normalized spacial score (nSPS) is 11.2. The molecule has 0 aliphatic heterocycles. The second kappa shape index (κ2) is 5.28. The Labute approximate surface area is 131 Å². The summed E-state index contributed by atoms with van der Waals surface area (Å²) in [7, 11) is 0. The highest BCUT2D eigenvalue weighted by molar-refractivity contribution is 5.81. The number of ether oxygens (including phenoxy) is 1. The summed E-state index contributed by atoms with van der Waals surface area (Å²) < 4.78 is 11.0. The highest BCUT2D eigenvalue weighted by atomic mass is 16.5. The average molecular weight is 306 g/mol. The molecule has 0 spiro atoms. The van der Waals surface area contributed by atoms with Crippen LogP contribution in [0.4, 0.5) is 0 Å². The number of nitrogens with zero attached hydrogens (tertiary/aromatic N) is 1. The van der Waals surface area contributed by atoms with Crippen LogP contribution in [0, 0.1) is 6.92 Å². The van der Waals surface area contributed by atoms with Gasteiger partial charge in [-0.25, -0.2) is 9.78 Å². The first-order chi connectivity index (χ1) is 11.2. The molecule has 0 aliphatic rings. The lowest BCUT2D eigenvalue weighted by molar-refractivity contribution is 0.297. The standard InChI is InChI=1S/C18H14N2O3/c1-11-8-18(21)23-16-9-12(6-7-13(11)16)22-10-17-19-14-4-2-3-5-15(14)20-17/h2-9H,10H2,1H3,(H,19,20). The Morgan fingerprint density at radius 3 is 2.91 bits per heavy atom. The third kappa shape index (κ3) is 2.57. The number of hydrogen-bond donors (Lipinski definition) is 1. The van der Waals surface area contributed by atoms with Crippen LogP contribution in [-0.2, 0) is 6.61 Å². The Hall–Kier alpha value is -3.08. The summed E-state index contributed by atoms with van der Waals surface area (Å²) in [5.41, 5.74) is 2.94. The van der Waals surface area contributed by atoms with Gasteiger partial charge in [0.1, 0.15) is 23.8 Å². The summed E-state index contributed by atoms with van der Waals surface area (Å²) >= 11 is 0. The van der Waals surface area contributed by atoms with E-state index in [1.165, 1.54) is 6.07 Å². The van der Waals surface area contributed by atoms with Gasteiger partial charge in [-0.15, -0.1) is 0 Å². The molecule has 0 radical (unpaired) electrons. The molecule has 5 nitrogen and oxygen atoms in total. The molecule has 5 heteroatoms. The van der Waals surface area contributed by atoms with E-state index in [0.717, 1.165) is 27.8 Å². The monoisotopic (exact) mass is 306 g/mol. The van der Waals surface area contributed by atoms with Crippen LogP contribution in [0.1, 0.15) is 11.4 Å². The van der Waals surface area contributed by atoms with Crippen LogP contribution in [0.5, 0.6) is 5.75 Å². The summed E-state index contributed by atoms with van der Waals surface area (Å²) in [5, 5.41) is 0.903. The number of benzene rings is 2. The maximum atomic E-state index is 11.5. The number of para-hydroxylation sites is 2. The van der Waals surface area contributed by atoms with Crippen molar-refractivity contribution in [2.45, 2.75) is 13.5 Å². The summed E-state index contributed by atoms with van der Waals surface area (Å²) in [6.07, 6.45) is 0. The van der Waals surface area contributed by atoms with Crippen molar-refractivity contribution in [3.63, 3.8) is 0 Å². The van der Waals surface area contributed by atoms with Gasteiger partial charge in [-0.05, 0) is 36.8 Å². The van der Waals surface area contributed by atoms with E-state index in [1.807, 2.05) is 43.3 Å². The molecule has 0 saturated heterocycles. The van der Waals surface area contributed by atoms with Gasteiger partial charge >= 0.3 is 5.63 Å². The number of hydrogen-bond acceptors (Lipinski definition) is 4. The van der Waals surface area contributed by atoms with E-state index in [4.69, 9.17) is 9.15 Å². The van der Waals surface area contributed by atoms with E-state index < -0.39 is 0 Å². The number of aromatic nitrogens is 2. The number of nitrogens with one attached hydrogen (secondary N) is 1. The lowest BCUT2D eigenvalue weighted by Gasteiger charge is -2.06. The molecule has 0 amide bonds. The summed E-state index contributed by atoms with van der Waals surface area (Å²) in [6.45, 7) is 2.20. The van der Waals surface area contributed by atoms with E-state index in [1.54, 1.807) is 6.07 Å². The molecule has 4 aromatic rings. The fourth-order valence-electron chi connectivity index (χ4n) is 2.62. The van der Waals surface area contributed by atoms with Crippen LogP contribution in [-0.4, -0.2) is 9.97 Å². The number of imidazole rings is 1. The van der Waals surface area contributed by atoms with Gasteiger partial charge in [0.05, 0.1) is 11.0 Å². The molecule has 2 heterocycles. The van der Waals surface area contributed by atoms with Gasteiger partial charge < -0.3 is 14.1 Å². The van der Waals surface area contributed by atoms with E-state index in [2.05, 4.69) is 9.97 Å². The molecule has 0 aliphatic carbocycles. The topological polar surface area (TPSA) is 68.1 Å². The fraction of sp³-hybridized carbons (Fsp3) is 0.111. The van der Waals surface area contributed by atoms with Gasteiger partial charge in [-0.2, -0.15) is 0 Å². The van der Waals surface area contributed by atoms with Crippen molar-refractivity contribution in [3.05, 3.63) is 70.3 Å². The number of aryl methyl sites for hydroxylation is 1. The van der Waals surface area contributed by atoms with Crippen molar-refractivity contribution < 1.29 is 9.15 Å². The minimum Gasteiger partial charge on any atom is -0.486 e. The predicted molar refractivity (Wildman–Crippen MR) is 87.6 cm³/mol. The van der Waals surface area contributed by atoms with E-state index >= 15 is 0 Å². The third-order valence-corrected chi connectivity index (χ3v) is 3.74. The van der Waals surface area contributed by atoms with Gasteiger partial charge in [0.25, 0.3) is 0 Å². The van der Waals surface area contributed by atoms with Gasteiger partial charge in [-0.3, -0.25) is 0 Å². The number of rotatable bonds is 3. The zero-order chi connectivity index (χ0) is 15.8. The predicted octanol–water partition coefficient (Wildman–Crippen LogP) is 3.56. The molecular weight excluding hydrogens is 292 g/mol. The first-order valence-electron chi connectivity index (χ1n) is 7.30. The molecule has 114 valence electrons. The summed E-state index contributed by atoms with van der Waals surface area (Å²) in [5.74, 6) is 1.38. The summed E-state index contributed by atoms with van der Waals surface area (Å²) in [4.78, 5) is 19.1. The van der Waals surface area contributed by atoms with Crippen molar-refractivity contribution in [1.29, 1.82) is 0 Å². The lowest BCUT2D eigenvalue weighted by atomic mass is 10.1. The number of fused-ring (bicyclic) bond motifs is 2. The van der Waals surface area contributed by atoms with E-state index in [0.29, 0.717) is 17.9 Å². The number of aromatic amines is 1. The average Bonchev–Trinajstić information content (AvgIpc) is 2.95. The number of H-pyrrole nitrogens is 1. The second-order valence-corrected chi connectivity index (χ2v) is 5.40. The Balaban J connectivity index is 1.61. The van der Waals surface area contributed by atoms with Crippen LogP contribution in [0.3, 0.4) is 0 Å². The van der Waals surface area contributed by atoms with Crippen molar-refractivity contribution in [2.75, 3.05) is 0 Å². The Morgan fingerprint density at radius 2 is 2.04 bits per heavy atom. The minimum absolute atomic E-state index is 0.316. The highest BCUT2D eigenvalue weighted by Crippen LogP contribution is 2.23. The van der Waals surface area contributed by atoms with E-state index in [-0.39, 0.29) is 5.63 Å². The maximum absolute atomic E-state index is 11.5. The maximum Gasteiger partial charge on any atom is 0.336 e. The van der Waals surface area contributed by atoms with Crippen molar-refractivity contribution in [2.24, 2.45) is 0 Å². The molecule has 2 aromatic carbocycles. The smallest absolute Gasteiger partial charge is 0.336 e. The molecule has 23 heavy (non-hydrogen) atoms. The molecule has 1 N–H and O–H groups in total. The largest absolute Gasteiger partial charge is 0.486 e. The zero-order valence-electron chi connectivity index (χ0n) is 12.5. The summed E-state index contributed by atoms with van der Waals surface area (Å²) in [6, 6.07) is 14.8. The van der Waals surface area contributed by atoms with Gasteiger partial charge in [-0.1, -0.05) is 12.1 Å². The SMILES string of the molecule is Cc1cc(=O)oc2cc(OCc3nc4ccccc4[nH]3)ccc12. The van der Waals surface area contributed by atoms with Crippen LogP contribution in [0.15, 0.2) is 57.7 Å². The minimum atomic E-state index is -0.357. The Bertz CT molecular complexity index is 1030. The van der Waals surface area contributed by atoms with Gasteiger partial charge in [0.15, 0.2) is 0 Å². The molecule has 0 fully saturated rings. The van der Waals surface area contributed by atoms with Crippen LogP contribution in [0.25, 0.3) is 22.0 Å². The third-order valence-electron chi connectivity index (χ3n) is 3.74. The molecule has 4 rings (SSSR count). The zero-order valence-corrected chi connectivity index (χ0v) is 12.5. The first-order valence-corrected chi connectivity index (χ1v) is 7.30. The first kappa shape index (κ1) is 13.6. The van der Waals surface area contributed by atoms with Crippen LogP contribution >= 0.6 is 0 Å². The molecule has 2 aromatic heterocycles. The molecule has 0 unspecified atom stereocenters. The Morgan fingerprint density at radius 1 is 1.17 bits per heavy atom. The fourth-order valence-corrected chi connectivity index (χ4v) is 2.62. The quantitative estimate of drug-likeness (QED) is 0.588. The van der Waals surface area contributed by atoms with E-state index in [9.17, 15) is 4.79 Å². The van der Waals surface area contributed by atoms with Crippen LogP contribution < -0.4 is 10.4 Å². The molecule has 0 bridgehead atoms. The highest BCUT2D eigenvalue weighted by Gasteiger charge is 2.06. The molecule has 0 saturated carbocycles. The van der Waals surface area contributed by atoms with Crippen molar-refractivity contribution >= 4 is 22.0 Å². The Kier molecular flexibility index (Phi) is 3.12. The van der Waals surface area contributed by atoms with Gasteiger partial charge in [0.2, 0.25) is 0 Å².